The van der Waals surface area contributed by atoms with Crippen molar-refractivity contribution >= 4 is 23.4 Å². The number of nitrogens with zero attached hydrogens (tertiary/aromatic N) is 5. The molecule has 3 aromatic rings. The molecule has 0 N–H and O–H groups in total. The number of ether oxygens (including phenoxy) is 1. The Kier molecular flexibility index (Phi) is 5.53. The number of amides is 1. The first-order valence-electron chi connectivity index (χ1n) is 9.64. The van der Waals surface area contributed by atoms with Crippen LogP contribution in [0.25, 0.3) is 11.3 Å². The van der Waals surface area contributed by atoms with Gasteiger partial charge < -0.3 is 9.30 Å². The van der Waals surface area contributed by atoms with Crippen LogP contribution in [0.3, 0.4) is 0 Å². The highest BCUT2D eigenvalue weighted by Gasteiger charge is 2.35. The van der Waals surface area contributed by atoms with Crippen molar-refractivity contribution in [2.45, 2.75) is 38.1 Å². The third-order valence-corrected chi connectivity index (χ3v) is 5.74. The number of unbranched alkanes of at least 4 members (excludes halogenated alkanes) is 1. The van der Waals surface area contributed by atoms with E-state index in [-0.39, 0.29) is 5.91 Å². The van der Waals surface area contributed by atoms with Gasteiger partial charge in [-0.15, -0.1) is 10.2 Å². The molecule has 4 rings (SSSR count). The van der Waals surface area contributed by atoms with E-state index in [1.165, 1.54) is 6.92 Å². The van der Waals surface area contributed by atoms with E-state index < -0.39 is 6.23 Å². The van der Waals surface area contributed by atoms with Crippen LogP contribution in [0.1, 0.15) is 38.6 Å². The van der Waals surface area contributed by atoms with E-state index in [1.807, 2.05) is 54.2 Å². The number of para-hydroxylation sites is 1. The smallest absolute Gasteiger partial charge is 0.247 e. The van der Waals surface area contributed by atoms with E-state index in [0.29, 0.717) is 16.7 Å². The van der Waals surface area contributed by atoms with E-state index in [0.717, 1.165) is 35.5 Å². The Labute approximate surface area is 174 Å². The number of fused-ring (bicyclic) bond motifs is 3. The minimum atomic E-state index is -0.653. The van der Waals surface area contributed by atoms with Crippen molar-refractivity contribution in [3.05, 3.63) is 48.3 Å². The Balaban J connectivity index is 1.86. The van der Waals surface area contributed by atoms with E-state index >= 15 is 0 Å². The molecule has 0 unspecified atom stereocenters. The lowest BCUT2D eigenvalue weighted by atomic mass is 10.1. The van der Waals surface area contributed by atoms with Gasteiger partial charge in [-0.1, -0.05) is 43.3 Å². The lowest BCUT2D eigenvalue weighted by molar-refractivity contribution is -0.118. The molecule has 0 aliphatic carbocycles. The Morgan fingerprint density at radius 3 is 2.76 bits per heavy atom. The fourth-order valence-corrected chi connectivity index (χ4v) is 4.21. The summed E-state index contributed by atoms with van der Waals surface area (Å²) >= 11 is 1.56. The lowest BCUT2D eigenvalue weighted by Crippen LogP contribution is -2.37. The number of benzene rings is 1. The van der Waals surface area contributed by atoms with E-state index in [4.69, 9.17) is 4.74 Å². The fourth-order valence-electron chi connectivity index (χ4n) is 3.34. The summed E-state index contributed by atoms with van der Waals surface area (Å²) in [4.78, 5) is 19.0. The number of carbonyl (C=O) groups is 1. The molecular weight excluding hydrogens is 386 g/mol. The predicted molar refractivity (Wildman–Crippen MR) is 113 cm³/mol. The van der Waals surface area contributed by atoms with Gasteiger partial charge in [0.15, 0.2) is 5.69 Å². The number of hydrogen-bond donors (Lipinski definition) is 0. The summed E-state index contributed by atoms with van der Waals surface area (Å²) in [6.07, 6.45) is 3.47. The van der Waals surface area contributed by atoms with Crippen molar-refractivity contribution in [1.29, 1.82) is 0 Å². The Morgan fingerprint density at radius 1 is 1.21 bits per heavy atom. The van der Waals surface area contributed by atoms with Crippen LogP contribution in [0.5, 0.6) is 5.88 Å². The Bertz CT molecular complexity index is 1040. The largest absolute Gasteiger partial charge is 0.445 e. The van der Waals surface area contributed by atoms with Crippen molar-refractivity contribution in [3.63, 3.8) is 0 Å². The average Bonchev–Trinajstić information content (AvgIpc) is 3.07. The minimum absolute atomic E-state index is 0.123. The second-order valence-corrected chi connectivity index (χ2v) is 7.93. The average molecular weight is 410 g/mol. The van der Waals surface area contributed by atoms with Crippen molar-refractivity contribution in [1.82, 2.24) is 19.7 Å². The molecule has 8 heteroatoms. The molecular formula is C21H23N5O2S. The van der Waals surface area contributed by atoms with E-state index in [2.05, 4.69) is 22.1 Å². The van der Waals surface area contributed by atoms with E-state index in [1.54, 1.807) is 16.7 Å². The van der Waals surface area contributed by atoms with Crippen LogP contribution in [0.2, 0.25) is 0 Å². The maximum Gasteiger partial charge on any atom is 0.247 e. The minimum Gasteiger partial charge on any atom is -0.445 e. The van der Waals surface area contributed by atoms with Gasteiger partial charge in [-0.3, -0.25) is 9.69 Å². The molecule has 29 heavy (non-hydrogen) atoms. The second kappa shape index (κ2) is 8.24. The molecule has 0 saturated heterocycles. The maximum atomic E-state index is 12.7. The van der Waals surface area contributed by atoms with Gasteiger partial charge in [0.2, 0.25) is 23.2 Å². The number of rotatable bonds is 5. The zero-order valence-electron chi connectivity index (χ0n) is 16.7. The Morgan fingerprint density at radius 2 is 2.03 bits per heavy atom. The van der Waals surface area contributed by atoms with Gasteiger partial charge in [0, 0.05) is 31.5 Å². The number of anilines is 1. The lowest BCUT2D eigenvalue weighted by Gasteiger charge is -2.29. The topological polar surface area (TPSA) is 73.1 Å². The predicted octanol–water partition coefficient (Wildman–Crippen LogP) is 4.21. The molecule has 7 nitrogen and oxygen atoms in total. The van der Waals surface area contributed by atoms with Gasteiger partial charge in [-0.2, -0.15) is 4.98 Å². The molecule has 3 heterocycles. The molecule has 1 aliphatic rings. The molecule has 150 valence electrons. The number of aromatic nitrogens is 4. The zero-order chi connectivity index (χ0) is 20.4. The van der Waals surface area contributed by atoms with Gasteiger partial charge >= 0.3 is 0 Å². The van der Waals surface area contributed by atoms with Gasteiger partial charge in [-0.25, -0.2) is 0 Å². The summed E-state index contributed by atoms with van der Waals surface area (Å²) < 4.78 is 8.29. The molecule has 1 aromatic carbocycles. The second-order valence-electron chi connectivity index (χ2n) is 6.87. The standard InChI is InChI=1S/C21H23N5O2S/c1-4-5-13-29-21-22-19-18(23-24-21)15-9-6-7-10-16(15)26(14(2)27)20(28-19)17-11-8-12-25(17)3/h6-12,20H,4-5,13H2,1-3H3/t20-/m1/s1. The number of aryl methyl sites for hydroxylation is 1. The molecule has 1 aliphatic heterocycles. The highest BCUT2D eigenvalue weighted by atomic mass is 32.2. The summed E-state index contributed by atoms with van der Waals surface area (Å²) in [6.45, 7) is 3.69. The van der Waals surface area contributed by atoms with Crippen molar-refractivity contribution < 1.29 is 9.53 Å². The Hall–Kier alpha value is -2.87. The van der Waals surface area contributed by atoms with Crippen LogP contribution < -0.4 is 9.64 Å². The molecule has 0 saturated carbocycles. The fraction of sp³-hybridized carbons (Fsp3) is 0.333. The monoisotopic (exact) mass is 409 g/mol. The molecule has 2 aromatic heterocycles. The van der Waals surface area contributed by atoms with Gasteiger partial charge in [0.1, 0.15) is 0 Å². The van der Waals surface area contributed by atoms with Crippen molar-refractivity contribution in [3.8, 4) is 17.1 Å². The molecule has 0 fully saturated rings. The van der Waals surface area contributed by atoms with Crippen LogP contribution >= 0.6 is 11.8 Å². The summed E-state index contributed by atoms with van der Waals surface area (Å²) in [7, 11) is 1.93. The molecule has 1 amide bonds. The summed E-state index contributed by atoms with van der Waals surface area (Å²) in [5, 5.41) is 9.30. The van der Waals surface area contributed by atoms with Crippen LogP contribution in [-0.2, 0) is 11.8 Å². The molecule has 0 spiro atoms. The molecule has 0 radical (unpaired) electrons. The van der Waals surface area contributed by atoms with Crippen LogP contribution in [0, 0.1) is 0 Å². The number of hydrogen-bond acceptors (Lipinski definition) is 6. The number of carbonyl (C=O) groups excluding carboxylic acids is 1. The highest BCUT2D eigenvalue weighted by Crippen LogP contribution is 2.43. The zero-order valence-corrected chi connectivity index (χ0v) is 17.5. The van der Waals surface area contributed by atoms with Gasteiger partial charge in [-0.05, 0) is 24.6 Å². The van der Waals surface area contributed by atoms with Gasteiger partial charge in [0.25, 0.3) is 0 Å². The summed E-state index contributed by atoms with van der Waals surface area (Å²) in [6, 6.07) is 11.5. The first kappa shape index (κ1) is 19.4. The highest BCUT2D eigenvalue weighted by molar-refractivity contribution is 7.99. The van der Waals surface area contributed by atoms with E-state index in [9.17, 15) is 4.79 Å². The first-order chi connectivity index (χ1) is 14.1. The quantitative estimate of drug-likeness (QED) is 0.464. The summed E-state index contributed by atoms with van der Waals surface area (Å²) in [5.74, 6) is 1.19. The third-order valence-electron chi connectivity index (χ3n) is 4.82. The first-order valence-corrected chi connectivity index (χ1v) is 10.6. The number of thioether (sulfide) groups is 1. The maximum absolute atomic E-state index is 12.7. The molecule has 0 bridgehead atoms. The van der Waals surface area contributed by atoms with Gasteiger partial charge in [0.05, 0.1) is 11.4 Å². The SMILES string of the molecule is CCCCSc1nnc2c(n1)O[C@H](c1cccn1C)N(C(C)=O)c1ccccc1-2. The van der Waals surface area contributed by atoms with Crippen molar-refractivity contribution in [2.24, 2.45) is 7.05 Å². The molecule has 1 atom stereocenters. The van der Waals surface area contributed by atoms with Crippen LogP contribution in [0.4, 0.5) is 5.69 Å². The third kappa shape index (κ3) is 3.72. The van der Waals surface area contributed by atoms with Crippen LogP contribution in [-0.4, -0.2) is 31.4 Å². The van der Waals surface area contributed by atoms with Crippen molar-refractivity contribution in [2.75, 3.05) is 10.7 Å². The summed E-state index contributed by atoms with van der Waals surface area (Å²) in [5.41, 5.74) is 2.90. The normalized spacial score (nSPS) is 15.3. The van der Waals surface area contributed by atoms with Crippen LogP contribution in [0.15, 0.2) is 47.8 Å².